The van der Waals surface area contributed by atoms with Crippen LogP contribution < -0.4 is 5.32 Å². The van der Waals surface area contributed by atoms with Crippen LogP contribution in [-0.4, -0.2) is 6.04 Å². The van der Waals surface area contributed by atoms with Crippen LogP contribution in [0, 0.1) is 17.2 Å². The monoisotopic (exact) mass is 282 g/mol. The Hall–Kier alpha value is -1.70. The third-order valence-electron chi connectivity index (χ3n) is 3.75. The lowest BCUT2D eigenvalue weighted by Gasteiger charge is -2.28. The molecule has 2 unspecified atom stereocenters. The van der Waals surface area contributed by atoms with Gasteiger partial charge in [-0.1, -0.05) is 19.8 Å². The summed E-state index contributed by atoms with van der Waals surface area (Å²) in [4.78, 5) is 0. The predicted octanol–water partition coefficient (Wildman–Crippen LogP) is 4.57. The van der Waals surface area contributed by atoms with Crippen molar-refractivity contribution in [2.75, 3.05) is 5.32 Å². The number of halogens is 3. The number of benzene rings is 1. The van der Waals surface area contributed by atoms with Gasteiger partial charge in [0.2, 0.25) is 0 Å². The van der Waals surface area contributed by atoms with E-state index in [2.05, 4.69) is 12.2 Å². The highest BCUT2D eigenvalue weighted by molar-refractivity contribution is 5.54. The van der Waals surface area contributed by atoms with E-state index in [0.29, 0.717) is 11.6 Å². The third-order valence-corrected chi connectivity index (χ3v) is 3.75. The van der Waals surface area contributed by atoms with Crippen molar-refractivity contribution < 1.29 is 13.2 Å². The molecule has 2 rings (SSSR count). The zero-order valence-electron chi connectivity index (χ0n) is 11.3. The molecule has 20 heavy (non-hydrogen) atoms. The first kappa shape index (κ1) is 14.7. The average Bonchev–Trinajstić information content (AvgIpc) is 2.37. The summed E-state index contributed by atoms with van der Waals surface area (Å²) in [5, 5.41) is 12.1. The van der Waals surface area contributed by atoms with Gasteiger partial charge in [-0.25, -0.2) is 0 Å². The Balaban J connectivity index is 2.16. The molecule has 1 aliphatic carbocycles. The van der Waals surface area contributed by atoms with Crippen molar-refractivity contribution in [1.29, 1.82) is 5.26 Å². The molecule has 0 spiro atoms. The molecule has 5 heteroatoms. The Morgan fingerprint density at radius 1 is 1.30 bits per heavy atom. The van der Waals surface area contributed by atoms with Crippen molar-refractivity contribution >= 4 is 5.69 Å². The molecule has 0 heterocycles. The fraction of sp³-hybridized carbons (Fsp3) is 0.533. The van der Waals surface area contributed by atoms with E-state index in [-0.39, 0.29) is 11.6 Å². The lowest BCUT2D eigenvalue weighted by Crippen LogP contribution is -2.26. The molecule has 1 aromatic rings. The summed E-state index contributed by atoms with van der Waals surface area (Å²) < 4.78 is 38.1. The molecule has 0 aliphatic heterocycles. The molecule has 0 saturated heterocycles. The van der Waals surface area contributed by atoms with Gasteiger partial charge >= 0.3 is 6.18 Å². The lowest BCUT2D eigenvalue weighted by molar-refractivity contribution is -0.137. The molecule has 0 amide bonds. The number of nitrogens with one attached hydrogen (secondary N) is 1. The first-order chi connectivity index (χ1) is 9.40. The molecule has 1 aromatic carbocycles. The predicted molar refractivity (Wildman–Crippen MR) is 71.2 cm³/mol. The quantitative estimate of drug-likeness (QED) is 0.862. The van der Waals surface area contributed by atoms with Gasteiger partial charge in [0.05, 0.1) is 17.2 Å². The molecule has 0 radical (unpaired) electrons. The molecular weight excluding hydrogens is 265 g/mol. The smallest absolute Gasteiger partial charge is 0.382 e. The molecule has 2 atom stereocenters. The summed E-state index contributed by atoms with van der Waals surface area (Å²) in [6.45, 7) is 2.18. The summed E-state index contributed by atoms with van der Waals surface area (Å²) in [7, 11) is 0. The highest BCUT2D eigenvalue weighted by Crippen LogP contribution is 2.33. The standard InChI is InChI=1S/C15H17F3N2/c1-10-3-2-4-12(7-10)20-13-5-6-14(15(16,17)18)11(8-13)9-19/h5-6,8,10,12,20H,2-4,7H2,1H3. The fourth-order valence-electron chi connectivity index (χ4n) is 2.77. The van der Waals surface area contributed by atoms with Crippen molar-refractivity contribution in [2.24, 2.45) is 5.92 Å². The number of alkyl halides is 3. The van der Waals surface area contributed by atoms with Crippen LogP contribution in [0.2, 0.25) is 0 Å². The van der Waals surface area contributed by atoms with Gasteiger partial charge in [-0.05, 0) is 37.0 Å². The second-order valence-electron chi connectivity index (χ2n) is 5.48. The van der Waals surface area contributed by atoms with Gasteiger partial charge in [0.1, 0.15) is 0 Å². The summed E-state index contributed by atoms with van der Waals surface area (Å²) in [5.74, 6) is 0.631. The maximum atomic E-state index is 12.7. The van der Waals surface area contributed by atoms with E-state index in [0.717, 1.165) is 25.3 Å². The minimum absolute atomic E-state index is 0.280. The van der Waals surface area contributed by atoms with E-state index >= 15 is 0 Å². The van der Waals surface area contributed by atoms with Crippen LogP contribution in [-0.2, 0) is 6.18 Å². The molecule has 0 bridgehead atoms. The maximum Gasteiger partial charge on any atom is 0.417 e. The Kier molecular flexibility index (Phi) is 4.22. The van der Waals surface area contributed by atoms with Crippen LogP contribution in [0.5, 0.6) is 0 Å². The van der Waals surface area contributed by atoms with Gasteiger partial charge in [0, 0.05) is 11.7 Å². The first-order valence-electron chi connectivity index (χ1n) is 6.78. The average molecular weight is 282 g/mol. The molecule has 0 aromatic heterocycles. The molecule has 1 aliphatic rings. The van der Waals surface area contributed by atoms with Gasteiger partial charge in [-0.3, -0.25) is 0 Å². The summed E-state index contributed by atoms with van der Waals surface area (Å²) >= 11 is 0. The SMILES string of the molecule is CC1CCCC(Nc2ccc(C(F)(F)F)c(C#N)c2)C1. The largest absolute Gasteiger partial charge is 0.417 e. The lowest BCUT2D eigenvalue weighted by atomic mass is 9.87. The number of anilines is 1. The Labute approximate surface area is 116 Å². The van der Waals surface area contributed by atoms with Crippen LogP contribution in [0.25, 0.3) is 0 Å². The summed E-state index contributed by atoms with van der Waals surface area (Å²) in [5.41, 5.74) is -0.609. The van der Waals surface area contributed by atoms with Crippen LogP contribution in [0.15, 0.2) is 18.2 Å². The maximum absolute atomic E-state index is 12.7. The molecular formula is C15H17F3N2. The molecule has 1 N–H and O–H groups in total. The fourth-order valence-corrected chi connectivity index (χ4v) is 2.77. The second-order valence-corrected chi connectivity index (χ2v) is 5.48. The number of nitrogens with zero attached hydrogens (tertiary/aromatic N) is 1. The Morgan fingerprint density at radius 2 is 2.05 bits per heavy atom. The first-order valence-corrected chi connectivity index (χ1v) is 6.78. The van der Waals surface area contributed by atoms with Gasteiger partial charge in [-0.15, -0.1) is 0 Å². The van der Waals surface area contributed by atoms with Crippen molar-refractivity contribution in [3.8, 4) is 6.07 Å². The Morgan fingerprint density at radius 3 is 2.65 bits per heavy atom. The Bertz CT molecular complexity index is 517. The third kappa shape index (κ3) is 3.44. The van der Waals surface area contributed by atoms with Gasteiger partial charge < -0.3 is 5.32 Å². The highest BCUT2D eigenvalue weighted by Gasteiger charge is 2.33. The molecule has 2 nitrogen and oxygen atoms in total. The highest BCUT2D eigenvalue weighted by atomic mass is 19.4. The topological polar surface area (TPSA) is 35.8 Å². The van der Waals surface area contributed by atoms with Gasteiger partial charge in [0.25, 0.3) is 0 Å². The number of nitriles is 1. The van der Waals surface area contributed by atoms with Gasteiger partial charge in [0.15, 0.2) is 0 Å². The van der Waals surface area contributed by atoms with Crippen molar-refractivity contribution in [3.63, 3.8) is 0 Å². The minimum Gasteiger partial charge on any atom is -0.382 e. The second kappa shape index (κ2) is 5.74. The van der Waals surface area contributed by atoms with E-state index in [9.17, 15) is 13.2 Å². The number of hydrogen-bond acceptors (Lipinski definition) is 2. The van der Waals surface area contributed by atoms with E-state index in [1.165, 1.54) is 18.6 Å². The van der Waals surface area contributed by atoms with Crippen molar-refractivity contribution in [2.45, 2.75) is 44.8 Å². The van der Waals surface area contributed by atoms with Gasteiger partial charge in [-0.2, -0.15) is 18.4 Å². The van der Waals surface area contributed by atoms with Crippen molar-refractivity contribution in [3.05, 3.63) is 29.3 Å². The number of rotatable bonds is 2. The van der Waals surface area contributed by atoms with E-state index in [1.54, 1.807) is 6.07 Å². The molecule has 1 fully saturated rings. The normalized spacial score (nSPS) is 23.1. The van der Waals surface area contributed by atoms with Crippen LogP contribution in [0.4, 0.5) is 18.9 Å². The minimum atomic E-state index is -4.48. The van der Waals surface area contributed by atoms with E-state index in [4.69, 9.17) is 5.26 Å². The van der Waals surface area contributed by atoms with Crippen LogP contribution in [0.1, 0.15) is 43.7 Å². The molecule has 108 valence electrons. The van der Waals surface area contributed by atoms with Crippen LogP contribution >= 0.6 is 0 Å². The zero-order chi connectivity index (χ0) is 14.8. The summed E-state index contributed by atoms with van der Waals surface area (Å²) in [6.07, 6.45) is -0.113. The molecule has 1 saturated carbocycles. The number of hydrogen-bond donors (Lipinski definition) is 1. The zero-order valence-corrected chi connectivity index (χ0v) is 11.3. The summed E-state index contributed by atoms with van der Waals surface area (Å²) in [6, 6.07) is 5.59. The van der Waals surface area contributed by atoms with E-state index < -0.39 is 11.7 Å². The van der Waals surface area contributed by atoms with Crippen molar-refractivity contribution in [1.82, 2.24) is 0 Å². The van der Waals surface area contributed by atoms with Crippen LogP contribution in [0.3, 0.4) is 0 Å². The van der Waals surface area contributed by atoms with E-state index in [1.807, 2.05) is 0 Å².